The van der Waals surface area contributed by atoms with Gasteiger partial charge in [-0.1, -0.05) is 17.4 Å². The minimum Gasteiger partial charge on any atom is -0.300 e. The van der Waals surface area contributed by atoms with Crippen LogP contribution in [0, 0.1) is 6.92 Å². The summed E-state index contributed by atoms with van der Waals surface area (Å²) in [7, 11) is 0. The zero-order valence-electron chi connectivity index (χ0n) is 13.7. The molecule has 2 aromatic heterocycles. The molecule has 1 N–H and O–H groups in total. The van der Waals surface area contributed by atoms with Gasteiger partial charge in [-0.2, -0.15) is 5.10 Å². The van der Waals surface area contributed by atoms with E-state index in [-0.39, 0.29) is 0 Å². The number of aromatic nitrogens is 3. The van der Waals surface area contributed by atoms with Gasteiger partial charge in [-0.25, -0.2) is 22.5 Å². The third-order valence-corrected chi connectivity index (χ3v) is 4.68. The lowest BCUT2D eigenvalue weighted by atomic mass is 10.2. The van der Waals surface area contributed by atoms with Crippen LogP contribution in [-0.4, -0.2) is 20.7 Å². The maximum Gasteiger partial charge on any atom is 0.282 e. The second-order valence-corrected chi connectivity index (χ2v) is 6.73. The molecule has 1 aromatic carbocycles. The molecule has 0 spiro atoms. The van der Waals surface area contributed by atoms with Gasteiger partial charge in [0.2, 0.25) is 0 Å². The van der Waals surface area contributed by atoms with Gasteiger partial charge in [0.15, 0.2) is 5.13 Å². The maximum absolute atomic E-state index is 13.1. The summed E-state index contributed by atoms with van der Waals surface area (Å²) in [4.78, 5) is 16.6. The van der Waals surface area contributed by atoms with E-state index in [1.54, 1.807) is 6.07 Å². The molecule has 0 aliphatic heterocycles. The van der Waals surface area contributed by atoms with Gasteiger partial charge < -0.3 is 5.32 Å². The molecular formula is C16H14F4N4OS. The molecule has 0 radical (unpaired) electrons. The van der Waals surface area contributed by atoms with Crippen molar-refractivity contribution in [3.8, 4) is 0 Å². The van der Waals surface area contributed by atoms with Gasteiger partial charge in [0, 0.05) is 0 Å². The van der Waals surface area contributed by atoms with Gasteiger partial charge in [0.1, 0.15) is 17.4 Å². The van der Waals surface area contributed by atoms with Gasteiger partial charge in [0.25, 0.3) is 18.8 Å². The molecule has 5 nitrogen and oxygen atoms in total. The summed E-state index contributed by atoms with van der Waals surface area (Å²) in [6, 6.07) is 4.99. The fourth-order valence-electron chi connectivity index (χ4n) is 2.41. The number of aryl methyl sites for hydroxylation is 1. The molecule has 0 aliphatic carbocycles. The van der Waals surface area contributed by atoms with Crippen LogP contribution >= 0.6 is 11.3 Å². The molecule has 1 amide bonds. The van der Waals surface area contributed by atoms with Crippen LogP contribution in [0.4, 0.5) is 22.7 Å². The summed E-state index contributed by atoms with van der Waals surface area (Å²) in [5.41, 5.74) is 0.194. The van der Waals surface area contributed by atoms with Crippen molar-refractivity contribution in [2.45, 2.75) is 32.7 Å². The summed E-state index contributed by atoms with van der Waals surface area (Å²) in [6.07, 6.45) is -6.04. The number of rotatable bonds is 5. The van der Waals surface area contributed by atoms with Gasteiger partial charge in [-0.15, -0.1) is 0 Å². The van der Waals surface area contributed by atoms with E-state index < -0.39 is 36.2 Å². The molecule has 1 unspecified atom stereocenters. The fraction of sp³-hybridized carbons (Fsp3) is 0.312. The van der Waals surface area contributed by atoms with E-state index in [1.165, 1.54) is 18.3 Å². The van der Waals surface area contributed by atoms with Crippen molar-refractivity contribution in [2.75, 3.05) is 5.32 Å². The minimum absolute atomic E-state index is 0.294. The van der Waals surface area contributed by atoms with E-state index in [1.807, 2.05) is 19.1 Å². The van der Waals surface area contributed by atoms with E-state index >= 15 is 0 Å². The van der Waals surface area contributed by atoms with Gasteiger partial charge in [0.05, 0.1) is 10.2 Å². The maximum atomic E-state index is 13.1. The first-order chi connectivity index (χ1) is 12.3. The van der Waals surface area contributed by atoms with Gasteiger partial charge in [-0.05, 0) is 37.6 Å². The lowest BCUT2D eigenvalue weighted by molar-refractivity contribution is -0.119. The Labute approximate surface area is 149 Å². The molecule has 3 aromatic rings. The molecule has 2 heterocycles. The highest BCUT2D eigenvalue weighted by Crippen LogP contribution is 2.29. The monoisotopic (exact) mass is 386 g/mol. The van der Waals surface area contributed by atoms with Crippen LogP contribution in [0.15, 0.2) is 24.3 Å². The highest BCUT2D eigenvalue weighted by atomic mass is 32.1. The predicted octanol–water partition coefficient (Wildman–Crippen LogP) is 4.88. The Kier molecular flexibility index (Phi) is 4.94. The molecule has 0 aliphatic rings. The Balaban J connectivity index is 1.84. The number of nitrogens with zero attached hydrogens (tertiary/aromatic N) is 3. The molecule has 0 saturated heterocycles. The Hall–Kier alpha value is -2.49. The molecule has 0 fully saturated rings. The number of thiazole rings is 1. The van der Waals surface area contributed by atoms with Crippen LogP contribution in [0.5, 0.6) is 0 Å². The zero-order valence-corrected chi connectivity index (χ0v) is 14.5. The lowest BCUT2D eigenvalue weighted by Crippen LogP contribution is -2.26. The number of hydrogen-bond acceptors (Lipinski definition) is 4. The summed E-state index contributed by atoms with van der Waals surface area (Å²) < 4.78 is 53.2. The molecule has 10 heteroatoms. The molecule has 0 bridgehead atoms. The van der Waals surface area contributed by atoms with Crippen molar-refractivity contribution >= 4 is 32.6 Å². The predicted molar refractivity (Wildman–Crippen MR) is 89.8 cm³/mol. The minimum atomic E-state index is -3.03. The highest BCUT2D eigenvalue weighted by molar-refractivity contribution is 7.22. The van der Waals surface area contributed by atoms with Crippen molar-refractivity contribution < 1.29 is 22.4 Å². The number of nitrogens with one attached hydrogen (secondary N) is 1. The van der Waals surface area contributed by atoms with Crippen LogP contribution in [-0.2, 0) is 4.79 Å². The van der Waals surface area contributed by atoms with E-state index in [4.69, 9.17) is 0 Å². The van der Waals surface area contributed by atoms with Crippen LogP contribution in [0.3, 0.4) is 0 Å². The number of hydrogen-bond donors (Lipinski definition) is 1. The standard InChI is InChI=1S/C16H14F4N4OS/c1-7-3-4-9-12(5-7)26-16(21-9)22-15(25)8(2)24-11(14(19)20)6-10(23-24)13(17)18/h3-6,8,13-14H,1-2H3,(H,21,22,25). The number of benzene rings is 1. The summed E-state index contributed by atoms with van der Waals surface area (Å²) in [5, 5.41) is 6.28. The van der Waals surface area contributed by atoms with Crippen LogP contribution in [0.25, 0.3) is 10.2 Å². The smallest absolute Gasteiger partial charge is 0.282 e. The second kappa shape index (κ2) is 7.02. The largest absolute Gasteiger partial charge is 0.300 e. The highest BCUT2D eigenvalue weighted by Gasteiger charge is 2.27. The Bertz CT molecular complexity index is 953. The first kappa shape index (κ1) is 18.3. The van der Waals surface area contributed by atoms with Crippen molar-refractivity contribution in [3.63, 3.8) is 0 Å². The second-order valence-electron chi connectivity index (χ2n) is 5.70. The number of anilines is 1. The van der Waals surface area contributed by atoms with E-state index in [0.717, 1.165) is 10.3 Å². The van der Waals surface area contributed by atoms with Crippen LogP contribution in [0.1, 0.15) is 42.8 Å². The van der Waals surface area contributed by atoms with Crippen LogP contribution in [0.2, 0.25) is 0 Å². The summed E-state index contributed by atoms with van der Waals surface area (Å²) in [5.74, 6) is -0.674. The first-order valence-electron chi connectivity index (χ1n) is 7.60. The third-order valence-electron chi connectivity index (χ3n) is 3.75. The molecule has 138 valence electrons. The van der Waals surface area contributed by atoms with Crippen LogP contribution < -0.4 is 5.32 Å². The number of carbonyl (C=O) groups excluding carboxylic acids is 1. The van der Waals surface area contributed by atoms with Crippen molar-refractivity contribution in [3.05, 3.63) is 41.2 Å². The van der Waals surface area contributed by atoms with Gasteiger partial charge in [-0.3, -0.25) is 9.48 Å². The number of fused-ring (bicyclic) bond motifs is 1. The molecule has 1 atom stereocenters. The van der Waals surface area contributed by atoms with Crippen molar-refractivity contribution in [1.29, 1.82) is 0 Å². The average Bonchev–Trinajstić information content (AvgIpc) is 3.17. The Morgan fingerprint density at radius 3 is 2.58 bits per heavy atom. The molecule has 26 heavy (non-hydrogen) atoms. The molecular weight excluding hydrogens is 372 g/mol. The Morgan fingerprint density at radius 2 is 1.92 bits per heavy atom. The number of carbonyl (C=O) groups is 1. The third kappa shape index (κ3) is 3.55. The quantitative estimate of drug-likeness (QED) is 0.636. The molecule has 3 rings (SSSR count). The topological polar surface area (TPSA) is 59.8 Å². The zero-order chi connectivity index (χ0) is 19.0. The number of amides is 1. The van der Waals surface area contributed by atoms with Crippen molar-refractivity contribution in [2.24, 2.45) is 0 Å². The Morgan fingerprint density at radius 1 is 1.19 bits per heavy atom. The lowest BCUT2D eigenvalue weighted by Gasteiger charge is -2.14. The number of alkyl halides is 4. The number of halogens is 4. The fourth-order valence-corrected chi connectivity index (χ4v) is 3.38. The molecule has 0 saturated carbocycles. The van der Waals surface area contributed by atoms with E-state index in [2.05, 4.69) is 15.4 Å². The average molecular weight is 386 g/mol. The van der Waals surface area contributed by atoms with Gasteiger partial charge >= 0.3 is 0 Å². The summed E-state index contributed by atoms with van der Waals surface area (Å²) >= 11 is 1.23. The SMILES string of the molecule is Cc1ccc2nc(NC(=O)C(C)n3nc(C(F)F)cc3C(F)F)sc2c1. The first-order valence-corrected chi connectivity index (χ1v) is 8.41. The van der Waals surface area contributed by atoms with E-state index in [9.17, 15) is 22.4 Å². The van der Waals surface area contributed by atoms with E-state index in [0.29, 0.717) is 21.4 Å². The summed E-state index contributed by atoms with van der Waals surface area (Å²) in [6.45, 7) is 3.23. The van der Waals surface area contributed by atoms with Crippen molar-refractivity contribution in [1.82, 2.24) is 14.8 Å². The normalized spacial score (nSPS) is 12.9.